The third-order valence-electron chi connectivity index (χ3n) is 2.82. The van der Waals surface area contributed by atoms with E-state index >= 15 is 0 Å². The van der Waals surface area contributed by atoms with Crippen molar-refractivity contribution < 1.29 is 35.9 Å². The Morgan fingerprint density at radius 3 is 1.78 bits per heavy atom. The van der Waals surface area contributed by atoms with E-state index in [4.69, 9.17) is 0 Å². The second-order valence-corrected chi connectivity index (χ2v) is 4.52. The molecular weight excluding hydrogens is 332 g/mol. The van der Waals surface area contributed by atoms with Crippen LogP contribution in [-0.2, 0) is 0 Å². The van der Waals surface area contributed by atoms with E-state index in [1.165, 1.54) is 29.7 Å². The average Bonchev–Trinajstić information content (AvgIpc) is 2.43. The summed E-state index contributed by atoms with van der Waals surface area (Å²) >= 11 is 0. The van der Waals surface area contributed by atoms with Crippen LogP contribution in [0.4, 0.5) is 31.1 Å². The molecular formula is C12H11F6N3O2. The molecule has 1 aromatic carbocycles. The van der Waals surface area contributed by atoms with Gasteiger partial charge in [0.2, 0.25) is 5.54 Å². The van der Waals surface area contributed by atoms with Gasteiger partial charge in [0, 0.05) is 5.56 Å². The molecule has 1 rings (SSSR count). The lowest BCUT2D eigenvalue weighted by molar-refractivity contribution is -0.297. The molecule has 128 valence electrons. The molecule has 0 bridgehead atoms. The van der Waals surface area contributed by atoms with Crippen molar-refractivity contribution in [1.29, 1.82) is 0 Å². The normalized spacial score (nSPS) is 12.5. The van der Waals surface area contributed by atoms with Crippen LogP contribution in [0.3, 0.4) is 0 Å². The summed E-state index contributed by atoms with van der Waals surface area (Å²) in [7, 11) is 0. The maximum Gasteiger partial charge on any atom is 0.420 e. The highest BCUT2D eigenvalue weighted by molar-refractivity contribution is 5.95. The largest absolute Gasteiger partial charge is 0.420 e. The topological polar surface area (TPSA) is 70.2 Å². The van der Waals surface area contributed by atoms with Crippen molar-refractivity contribution in [3.8, 4) is 0 Å². The number of alkyl halides is 6. The summed E-state index contributed by atoms with van der Waals surface area (Å²) in [6.45, 7) is -0.231. The first kappa shape index (κ1) is 18.6. The zero-order valence-electron chi connectivity index (χ0n) is 11.5. The highest BCUT2D eigenvalue weighted by Crippen LogP contribution is 2.42. The number of amides is 3. The zero-order valence-corrected chi connectivity index (χ0v) is 11.5. The standard InChI is InChI=1S/C12H11F6N3O2/c1-10(11(13,14)15,12(16,17)18)19-9(23)21-20-8(22)7-5-3-2-4-6-7/h2-6H,1H3,(H,20,22)(H2,19,21,23). The number of hydrogen-bond donors (Lipinski definition) is 3. The fraction of sp³-hybridized carbons (Fsp3) is 0.333. The quantitative estimate of drug-likeness (QED) is 0.570. The second-order valence-electron chi connectivity index (χ2n) is 4.52. The van der Waals surface area contributed by atoms with Gasteiger partial charge in [-0.05, 0) is 19.1 Å². The first-order chi connectivity index (χ1) is 10.4. The van der Waals surface area contributed by atoms with E-state index in [9.17, 15) is 35.9 Å². The Bertz CT molecular complexity index is 556. The van der Waals surface area contributed by atoms with Crippen molar-refractivity contribution in [2.45, 2.75) is 24.8 Å². The predicted molar refractivity (Wildman–Crippen MR) is 66.1 cm³/mol. The van der Waals surface area contributed by atoms with E-state index in [-0.39, 0.29) is 12.5 Å². The molecule has 0 saturated heterocycles. The average molecular weight is 343 g/mol. The van der Waals surface area contributed by atoms with Crippen molar-refractivity contribution in [2.24, 2.45) is 0 Å². The molecule has 0 saturated carbocycles. The number of carbonyl (C=O) groups is 2. The van der Waals surface area contributed by atoms with Crippen LogP contribution in [0.5, 0.6) is 0 Å². The number of carbonyl (C=O) groups excluding carboxylic acids is 2. The summed E-state index contributed by atoms with van der Waals surface area (Å²) in [5.41, 5.74) is -1.31. The number of halogens is 6. The smallest absolute Gasteiger partial charge is 0.315 e. The Balaban J connectivity index is 2.73. The molecule has 0 fully saturated rings. The van der Waals surface area contributed by atoms with E-state index < -0.39 is 29.8 Å². The molecule has 0 aliphatic carbocycles. The van der Waals surface area contributed by atoms with E-state index in [1.807, 2.05) is 0 Å². The maximum absolute atomic E-state index is 12.6. The summed E-state index contributed by atoms with van der Waals surface area (Å²) < 4.78 is 75.4. The lowest BCUT2D eigenvalue weighted by atomic mass is 10.0. The molecule has 23 heavy (non-hydrogen) atoms. The van der Waals surface area contributed by atoms with Gasteiger partial charge in [0.05, 0.1) is 0 Å². The number of nitrogens with one attached hydrogen (secondary N) is 3. The van der Waals surface area contributed by atoms with Gasteiger partial charge in [0.1, 0.15) is 0 Å². The summed E-state index contributed by atoms with van der Waals surface area (Å²) in [6.07, 6.45) is -11.6. The highest BCUT2D eigenvalue weighted by Gasteiger charge is 2.68. The van der Waals surface area contributed by atoms with Crippen LogP contribution >= 0.6 is 0 Å². The van der Waals surface area contributed by atoms with Gasteiger partial charge in [-0.3, -0.25) is 10.2 Å². The third kappa shape index (κ3) is 4.27. The molecule has 0 aliphatic heterocycles. The highest BCUT2D eigenvalue weighted by atomic mass is 19.4. The second kappa shape index (κ2) is 6.34. The summed E-state index contributed by atoms with van der Waals surface area (Å²) in [5.74, 6) is -0.915. The van der Waals surface area contributed by atoms with Crippen LogP contribution in [0.15, 0.2) is 30.3 Å². The molecule has 5 nitrogen and oxygen atoms in total. The molecule has 11 heteroatoms. The van der Waals surface area contributed by atoms with Gasteiger partial charge in [-0.2, -0.15) is 26.3 Å². The Labute approximate surface area is 126 Å². The van der Waals surface area contributed by atoms with Crippen LogP contribution in [0, 0.1) is 0 Å². The molecule has 0 aromatic heterocycles. The van der Waals surface area contributed by atoms with Gasteiger partial charge in [-0.15, -0.1) is 0 Å². The SMILES string of the molecule is CC(NC(=O)NNC(=O)c1ccccc1)(C(F)(F)F)C(F)(F)F. The van der Waals surface area contributed by atoms with E-state index in [2.05, 4.69) is 0 Å². The fourth-order valence-electron chi connectivity index (χ4n) is 1.34. The van der Waals surface area contributed by atoms with Gasteiger partial charge in [0.25, 0.3) is 5.91 Å². The van der Waals surface area contributed by atoms with Crippen molar-refractivity contribution in [3.05, 3.63) is 35.9 Å². The van der Waals surface area contributed by atoms with E-state index in [1.54, 1.807) is 11.5 Å². The van der Waals surface area contributed by atoms with Gasteiger partial charge in [-0.25, -0.2) is 10.2 Å². The number of hydrogen-bond acceptors (Lipinski definition) is 2. The first-order valence-electron chi connectivity index (χ1n) is 5.95. The first-order valence-corrected chi connectivity index (χ1v) is 5.95. The summed E-state index contributed by atoms with van der Waals surface area (Å²) in [6, 6.07) is 5.30. The van der Waals surface area contributed by atoms with Crippen LogP contribution in [0.2, 0.25) is 0 Å². The van der Waals surface area contributed by atoms with Gasteiger partial charge >= 0.3 is 18.4 Å². The molecule has 0 atom stereocenters. The summed E-state index contributed by atoms with van der Waals surface area (Å²) in [5, 5.41) is 0.765. The molecule has 0 unspecified atom stereocenters. The van der Waals surface area contributed by atoms with Crippen molar-refractivity contribution >= 4 is 11.9 Å². The van der Waals surface area contributed by atoms with Gasteiger partial charge < -0.3 is 5.32 Å². The van der Waals surface area contributed by atoms with E-state index in [0.29, 0.717) is 0 Å². The minimum atomic E-state index is -5.79. The van der Waals surface area contributed by atoms with Crippen LogP contribution in [-0.4, -0.2) is 29.8 Å². The lowest BCUT2D eigenvalue weighted by Crippen LogP contribution is -2.67. The molecule has 0 spiro atoms. The van der Waals surface area contributed by atoms with Gasteiger partial charge in [-0.1, -0.05) is 18.2 Å². The van der Waals surface area contributed by atoms with Crippen LogP contribution in [0.25, 0.3) is 0 Å². The third-order valence-corrected chi connectivity index (χ3v) is 2.82. The lowest BCUT2D eigenvalue weighted by Gasteiger charge is -2.34. The Morgan fingerprint density at radius 1 is 0.870 bits per heavy atom. The minimum absolute atomic E-state index is 0.0437. The van der Waals surface area contributed by atoms with Crippen molar-refractivity contribution in [3.63, 3.8) is 0 Å². The Kier molecular flexibility index (Phi) is 5.13. The molecule has 0 radical (unpaired) electrons. The number of urea groups is 1. The number of benzene rings is 1. The molecule has 0 aliphatic rings. The van der Waals surface area contributed by atoms with E-state index in [0.717, 1.165) is 5.32 Å². The van der Waals surface area contributed by atoms with Crippen molar-refractivity contribution in [2.75, 3.05) is 0 Å². The summed E-state index contributed by atoms with van der Waals surface area (Å²) in [4.78, 5) is 22.8. The fourth-order valence-corrected chi connectivity index (χ4v) is 1.34. The van der Waals surface area contributed by atoms with Crippen LogP contribution in [0.1, 0.15) is 17.3 Å². The Hall–Kier alpha value is -2.46. The van der Waals surface area contributed by atoms with Crippen molar-refractivity contribution in [1.82, 2.24) is 16.2 Å². The Morgan fingerprint density at radius 2 is 1.35 bits per heavy atom. The molecule has 3 amide bonds. The number of rotatable bonds is 2. The van der Waals surface area contributed by atoms with Crippen LogP contribution < -0.4 is 16.2 Å². The minimum Gasteiger partial charge on any atom is -0.315 e. The monoisotopic (exact) mass is 343 g/mol. The molecule has 1 aromatic rings. The number of hydrazine groups is 1. The molecule has 3 N–H and O–H groups in total. The predicted octanol–water partition coefficient (Wildman–Crippen LogP) is 2.51. The molecule has 0 heterocycles. The zero-order chi connectivity index (χ0) is 17.9. The van der Waals surface area contributed by atoms with Gasteiger partial charge in [0.15, 0.2) is 0 Å². The maximum atomic E-state index is 12.6.